The van der Waals surface area contributed by atoms with Crippen molar-refractivity contribution in [1.82, 2.24) is 0 Å². The summed E-state index contributed by atoms with van der Waals surface area (Å²) in [4.78, 5) is 23.1. The molecule has 0 heterocycles. The van der Waals surface area contributed by atoms with Crippen LogP contribution in [0.3, 0.4) is 0 Å². The summed E-state index contributed by atoms with van der Waals surface area (Å²) in [6.45, 7) is 6.36. The van der Waals surface area contributed by atoms with Gasteiger partial charge in [0.1, 0.15) is 0 Å². The standard InChI is InChI=1S/C13H16O3/c1-9-7-5-6-8-11(9)12(15)13(3,4)16-10(2)14/h5-8H,1-4H3. The van der Waals surface area contributed by atoms with Gasteiger partial charge in [0, 0.05) is 12.5 Å². The van der Waals surface area contributed by atoms with Crippen molar-refractivity contribution in [3.63, 3.8) is 0 Å². The largest absolute Gasteiger partial charge is 0.451 e. The Morgan fingerprint density at radius 3 is 2.25 bits per heavy atom. The second-order valence-corrected chi connectivity index (χ2v) is 4.25. The number of rotatable bonds is 3. The number of ether oxygens (including phenoxy) is 1. The Bertz CT molecular complexity index is 419. The number of esters is 1. The topological polar surface area (TPSA) is 43.4 Å². The molecule has 0 atom stereocenters. The van der Waals surface area contributed by atoms with E-state index in [1.54, 1.807) is 26.0 Å². The van der Waals surface area contributed by atoms with Crippen molar-refractivity contribution in [1.29, 1.82) is 0 Å². The van der Waals surface area contributed by atoms with E-state index < -0.39 is 11.6 Å². The number of ketones is 1. The molecule has 3 heteroatoms. The molecule has 1 aromatic rings. The Kier molecular flexibility index (Phi) is 3.48. The Hall–Kier alpha value is -1.64. The Labute approximate surface area is 95.4 Å². The SMILES string of the molecule is CC(=O)OC(C)(C)C(=O)c1ccccc1C. The molecule has 0 radical (unpaired) electrons. The molecule has 0 aliphatic carbocycles. The molecular formula is C13H16O3. The van der Waals surface area contributed by atoms with Gasteiger partial charge in [-0.15, -0.1) is 0 Å². The van der Waals surface area contributed by atoms with Crippen molar-refractivity contribution in [3.05, 3.63) is 35.4 Å². The minimum absolute atomic E-state index is 0.180. The molecule has 16 heavy (non-hydrogen) atoms. The molecule has 0 bridgehead atoms. The van der Waals surface area contributed by atoms with Gasteiger partial charge in [-0.2, -0.15) is 0 Å². The van der Waals surface area contributed by atoms with Gasteiger partial charge in [0.2, 0.25) is 5.78 Å². The average molecular weight is 220 g/mol. The van der Waals surface area contributed by atoms with Gasteiger partial charge >= 0.3 is 5.97 Å². The fourth-order valence-electron chi connectivity index (χ4n) is 1.56. The summed E-state index contributed by atoms with van der Waals surface area (Å²) < 4.78 is 5.02. The highest BCUT2D eigenvalue weighted by atomic mass is 16.6. The van der Waals surface area contributed by atoms with Gasteiger partial charge < -0.3 is 4.74 Å². The molecule has 1 aromatic carbocycles. The van der Waals surface area contributed by atoms with Crippen molar-refractivity contribution in [2.45, 2.75) is 33.3 Å². The maximum Gasteiger partial charge on any atom is 0.303 e. The third-order valence-corrected chi connectivity index (χ3v) is 2.34. The summed E-state index contributed by atoms with van der Waals surface area (Å²) >= 11 is 0. The van der Waals surface area contributed by atoms with E-state index in [0.717, 1.165) is 5.56 Å². The average Bonchev–Trinajstić information content (AvgIpc) is 2.15. The Morgan fingerprint density at radius 2 is 1.75 bits per heavy atom. The number of hydrogen-bond acceptors (Lipinski definition) is 3. The number of carbonyl (C=O) groups excluding carboxylic acids is 2. The van der Waals surface area contributed by atoms with Crippen LogP contribution < -0.4 is 0 Å². The first-order valence-corrected chi connectivity index (χ1v) is 5.14. The predicted molar refractivity (Wildman–Crippen MR) is 61.4 cm³/mol. The molecule has 0 aliphatic rings. The van der Waals surface area contributed by atoms with Crippen LogP contribution in [0.1, 0.15) is 36.7 Å². The van der Waals surface area contributed by atoms with Crippen LogP contribution in [0.5, 0.6) is 0 Å². The molecule has 0 aliphatic heterocycles. The molecular weight excluding hydrogens is 204 g/mol. The van der Waals surface area contributed by atoms with Crippen LogP contribution in [-0.2, 0) is 9.53 Å². The highest BCUT2D eigenvalue weighted by molar-refractivity contribution is 6.03. The number of aryl methyl sites for hydroxylation is 1. The molecule has 0 fully saturated rings. The summed E-state index contributed by atoms with van der Waals surface area (Å²) in [6, 6.07) is 7.26. The van der Waals surface area contributed by atoms with E-state index in [9.17, 15) is 9.59 Å². The first-order valence-electron chi connectivity index (χ1n) is 5.14. The lowest BCUT2D eigenvalue weighted by molar-refractivity contribution is -0.149. The summed E-state index contributed by atoms with van der Waals surface area (Å²) in [5.41, 5.74) is 0.360. The molecule has 0 aromatic heterocycles. The molecule has 1 rings (SSSR count). The molecule has 0 spiro atoms. The van der Waals surface area contributed by atoms with Gasteiger partial charge in [0.15, 0.2) is 5.60 Å². The summed E-state index contributed by atoms with van der Waals surface area (Å²) in [6.07, 6.45) is 0. The van der Waals surface area contributed by atoms with Gasteiger partial charge in [0.05, 0.1) is 0 Å². The highest BCUT2D eigenvalue weighted by Gasteiger charge is 2.32. The number of Topliss-reactive ketones (excluding diaryl/α,β-unsaturated/α-hetero) is 1. The molecule has 0 N–H and O–H groups in total. The normalized spacial score (nSPS) is 11.0. The molecule has 0 unspecified atom stereocenters. The van der Waals surface area contributed by atoms with Crippen LogP contribution in [0.15, 0.2) is 24.3 Å². The first kappa shape index (κ1) is 12.4. The van der Waals surface area contributed by atoms with Gasteiger partial charge in [-0.25, -0.2) is 0 Å². The summed E-state index contributed by atoms with van der Waals surface area (Å²) in [5.74, 6) is -0.632. The van der Waals surface area contributed by atoms with E-state index >= 15 is 0 Å². The van der Waals surface area contributed by atoms with Gasteiger partial charge in [-0.05, 0) is 26.3 Å². The minimum Gasteiger partial charge on any atom is -0.451 e. The Balaban J connectivity index is 3.02. The van der Waals surface area contributed by atoms with Crippen LogP contribution in [0.2, 0.25) is 0 Å². The first-order chi connectivity index (χ1) is 7.34. The van der Waals surface area contributed by atoms with Crippen molar-refractivity contribution in [2.75, 3.05) is 0 Å². The predicted octanol–water partition coefficient (Wildman–Crippen LogP) is 2.52. The molecule has 0 saturated carbocycles. The number of carbonyl (C=O) groups is 2. The van der Waals surface area contributed by atoms with Crippen LogP contribution in [0.4, 0.5) is 0 Å². The quantitative estimate of drug-likeness (QED) is 0.580. The van der Waals surface area contributed by atoms with Crippen LogP contribution >= 0.6 is 0 Å². The molecule has 0 amide bonds. The van der Waals surface area contributed by atoms with Crippen LogP contribution in [-0.4, -0.2) is 17.4 Å². The van der Waals surface area contributed by atoms with E-state index in [4.69, 9.17) is 4.74 Å². The fourth-order valence-corrected chi connectivity index (χ4v) is 1.56. The van der Waals surface area contributed by atoms with Crippen LogP contribution in [0.25, 0.3) is 0 Å². The second-order valence-electron chi connectivity index (χ2n) is 4.25. The van der Waals surface area contributed by atoms with E-state index in [2.05, 4.69) is 0 Å². The third kappa shape index (κ3) is 2.69. The lowest BCUT2D eigenvalue weighted by atomic mass is 9.93. The zero-order chi connectivity index (χ0) is 12.3. The Morgan fingerprint density at radius 1 is 1.19 bits per heavy atom. The maximum atomic E-state index is 12.1. The zero-order valence-electron chi connectivity index (χ0n) is 10.0. The third-order valence-electron chi connectivity index (χ3n) is 2.34. The molecule has 3 nitrogen and oxygen atoms in total. The maximum absolute atomic E-state index is 12.1. The van der Waals surface area contributed by atoms with E-state index in [1.165, 1.54) is 6.92 Å². The number of benzene rings is 1. The summed E-state index contributed by atoms with van der Waals surface area (Å²) in [5, 5.41) is 0. The summed E-state index contributed by atoms with van der Waals surface area (Å²) in [7, 11) is 0. The lowest BCUT2D eigenvalue weighted by Crippen LogP contribution is -2.37. The smallest absolute Gasteiger partial charge is 0.303 e. The van der Waals surface area contributed by atoms with Gasteiger partial charge in [0.25, 0.3) is 0 Å². The van der Waals surface area contributed by atoms with Crippen molar-refractivity contribution >= 4 is 11.8 Å². The molecule has 0 saturated heterocycles. The highest BCUT2D eigenvalue weighted by Crippen LogP contribution is 2.19. The molecule has 86 valence electrons. The van der Waals surface area contributed by atoms with E-state index in [0.29, 0.717) is 5.56 Å². The van der Waals surface area contributed by atoms with Gasteiger partial charge in [-0.3, -0.25) is 9.59 Å². The van der Waals surface area contributed by atoms with E-state index in [-0.39, 0.29) is 5.78 Å². The van der Waals surface area contributed by atoms with Gasteiger partial charge in [-0.1, -0.05) is 24.3 Å². The van der Waals surface area contributed by atoms with Crippen LogP contribution in [0, 0.1) is 6.92 Å². The monoisotopic (exact) mass is 220 g/mol. The number of hydrogen-bond donors (Lipinski definition) is 0. The minimum atomic E-state index is -1.11. The fraction of sp³-hybridized carbons (Fsp3) is 0.385. The second kappa shape index (κ2) is 4.47. The van der Waals surface area contributed by atoms with Crippen molar-refractivity contribution < 1.29 is 14.3 Å². The van der Waals surface area contributed by atoms with Crippen molar-refractivity contribution in [2.24, 2.45) is 0 Å². The van der Waals surface area contributed by atoms with E-state index in [1.807, 2.05) is 19.1 Å². The zero-order valence-corrected chi connectivity index (χ0v) is 10.0. The lowest BCUT2D eigenvalue weighted by Gasteiger charge is -2.23. The van der Waals surface area contributed by atoms with Crippen molar-refractivity contribution in [3.8, 4) is 0 Å².